The molecule has 6 heteroatoms. The minimum atomic E-state index is -0.358. The van der Waals surface area contributed by atoms with Gasteiger partial charge >= 0.3 is 6.03 Å². The van der Waals surface area contributed by atoms with Crippen LogP contribution in [0.1, 0.15) is 5.56 Å². The molecule has 0 spiro atoms. The van der Waals surface area contributed by atoms with Crippen LogP contribution in [0.3, 0.4) is 0 Å². The minimum absolute atomic E-state index is 0.358. The Morgan fingerprint density at radius 2 is 2.12 bits per heavy atom. The molecule has 0 unspecified atom stereocenters. The Hall–Kier alpha value is -1.95. The fourth-order valence-corrected chi connectivity index (χ4v) is 1.42. The molecule has 0 aliphatic rings. The Morgan fingerprint density at radius 3 is 2.65 bits per heavy atom. The van der Waals surface area contributed by atoms with Gasteiger partial charge in [-0.3, -0.25) is 5.43 Å². The van der Waals surface area contributed by atoms with Crippen molar-refractivity contribution in [2.24, 2.45) is 5.84 Å². The zero-order valence-electron chi connectivity index (χ0n) is 10.2. The Kier molecular flexibility index (Phi) is 4.59. The summed E-state index contributed by atoms with van der Waals surface area (Å²) in [5, 5.41) is 0. The normalized spacial score (nSPS) is 9.65. The molecule has 0 aliphatic carbocycles. The van der Waals surface area contributed by atoms with E-state index in [1.165, 1.54) is 4.90 Å². The average Bonchev–Trinajstić information content (AvgIpc) is 2.37. The van der Waals surface area contributed by atoms with Gasteiger partial charge in [-0.15, -0.1) is 0 Å². The number of rotatable bonds is 4. The van der Waals surface area contributed by atoms with Crippen molar-refractivity contribution in [3.05, 3.63) is 23.8 Å². The third-order valence-corrected chi connectivity index (χ3v) is 2.37. The van der Waals surface area contributed by atoms with E-state index in [1.807, 2.05) is 12.1 Å². The number of nitrogens with zero attached hydrogens (tertiary/aromatic N) is 1. The van der Waals surface area contributed by atoms with Crippen LogP contribution in [0.25, 0.3) is 0 Å². The number of hydrogen-bond donors (Lipinski definition) is 2. The molecule has 0 bridgehead atoms. The van der Waals surface area contributed by atoms with Crippen LogP contribution in [0.5, 0.6) is 11.5 Å². The van der Waals surface area contributed by atoms with E-state index >= 15 is 0 Å². The lowest BCUT2D eigenvalue weighted by molar-refractivity contribution is 0.206. The number of amides is 2. The van der Waals surface area contributed by atoms with E-state index < -0.39 is 0 Å². The fourth-order valence-electron chi connectivity index (χ4n) is 1.42. The van der Waals surface area contributed by atoms with Crippen LogP contribution in [0.15, 0.2) is 18.2 Å². The molecular formula is C11H17N3O3. The number of hydrazine groups is 1. The van der Waals surface area contributed by atoms with Crippen molar-refractivity contribution in [3.8, 4) is 11.5 Å². The van der Waals surface area contributed by atoms with Gasteiger partial charge in [-0.25, -0.2) is 10.6 Å². The van der Waals surface area contributed by atoms with Gasteiger partial charge in [0.05, 0.1) is 20.8 Å². The number of ether oxygens (including phenoxy) is 2. The predicted octanol–water partition coefficient (Wildman–Crippen LogP) is 0.719. The van der Waals surface area contributed by atoms with Crippen molar-refractivity contribution in [1.82, 2.24) is 10.3 Å². The Balaban J connectivity index is 2.87. The number of nitrogens with one attached hydrogen (secondary N) is 1. The van der Waals surface area contributed by atoms with Crippen LogP contribution in [0.4, 0.5) is 4.79 Å². The molecule has 2 amide bonds. The van der Waals surface area contributed by atoms with E-state index in [1.54, 1.807) is 27.3 Å². The minimum Gasteiger partial charge on any atom is -0.497 e. The number of benzene rings is 1. The molecule has 0 aliphatic heterocycles. The van der Waals surface area contributed by atoms with Crippen LogP contribution >= 0.6 is 0 Å². The largest absolute Gasteiger partial charge is 0.497 e. The van der Waals surface area contributed by atoms with Crippen molar-refractivity contribution in [2.75, 3.05) is 21.3 Å². The first-order chi connectivity index (χ1) is 8.12. The third-order valence-electron chi connectivity index (χ3n) is 2.37. The van der Waals surface area contributed by atoms with Crippen LogP contribution in [0, 0.1) is 0 Å². The number of carbonyl (C=O) groups excluding carboxylic acids is 1. The highest BCUT2D eigenvalue weighted by molar-refractivity contribution is 5.73. The quantitative estimate of drug-likeness (QED) is 0.461. The number of carbonyl (C=O) groups is 1. The summed E-state index contributed by atoms with van der Waals surface area (Å²) in [6, 6.07) is 5.07. The number of methoxy groups -OCH3 is 2. The number of hydrogen-bond acceptors (Lipinski definition) is 4. The lowest BCUT2D eigenvalue weighted by Gasteiger charge is -2.18. The molecule has 17 heavy (non-hydrogen) atoms. The van der Waals surface area contributed by atoms with E-state index in [-0.39, 0.29) is 6.03 Å². The molecule has 3 N–H and O–H groups in total. The zero-order chi connectivity index (χ0) is 12.8. The van der Waals surface area contributed by atoms with Gasteiger partial charge in [-0.2, -0.15) is 0 Å². The lowest BCUT2D eigenvalue weighted by atomic mass is 10.2. The molecule has 6 nitrogen and oxygen atoms in total. The van der Waals surface area contributed by atoms with Crippen molar-refractivity contribution in [1.29, 1.82) is 0 Å². The first-order valence-electron chi connectivity index (χ1n) is 5.05. The van der Waals surface area contributed by atoms with Gasteiger partial charge in [-0.1, -0.05) is 0 Å². The van der Waals surface area contributed by atoms with Crippen LogP contribution in [0.2, 0.25) is 0 Å². The maximum absolute atomic E-state index is 11.3. The lowest BCUT2D eigenvalue weighted by Crippen LogP contribution is -2.40. The molecule has 0 saturated heterocycles. The molecule has 0 saturated carbocycles. The standard InChI is InChI=1S/C11H17N3O3/c1-14(11(15)13-12)7-8-4-5-9(16-2)6-10(8)17-3/h4-6H,7,12H2,1-3H3,(H,13,15). The Labute approximate surface area is 100 Å². The van der Waals surface area contributed by atoms with Crippen LogP contribution in [-0.2, 0) is 6.54 Å². The Bertz CT molecular complexity index is 396. The van der Waals surface area contributed by atoms with Crippen LogP contribution < -0.4 is 20.7 Å². The topological polar surface area (TPSA) is 76.8 Å². The summed E-state index contributed by atoms with van der Waals surface area (Å²) in [6.45, 7) is 0.399. The molecule has 0 aromatic heterocycles. The van der Waals surface area contributed by atoms with Gasteiger partial charge < -0.3 is 14.4 Å². The summed E-state index contributed by atoms with van der Waals surface area (Å²) in [4.78, 5) is 12.7. The van der Waals surface area contributed by atoms with E-state index in [0.29, 0.717) is 18.0 Å². The van der Waals surface area contributed by atoms with E-state index in [9.17, 15) is 4.79 Å². The summed E-state index contributed by atoms with van der Waals surface area (Å²) in [5.41, 5.74) is 2.94. The van der Waals surface area contributed by atoms with Gasteiger partial charge in [0.1, 0.15) is 11.5 Å². The predicted molar refractivity (Wildman–Crippen MR) is 63.7 cm³/mol. The van der Waals surface area contributed by atoms with Crippen molar-refractivity contribution in [2.45, 2.75) is 6.54 Å². The van der Waals surface area contributed by atoms with Crippen molar-refractivity contribution >= 4 is 6.03 Å². The first-order valence-corrected chi connectivity index (χ1v) is 5.05. The second kappa shape index (κ2) is 5.95. The fraction of sp³-hybridized carbons (Fsp3) is 0.364. The third kappa shape index (κ3) is 3.25. The number of nitrogens with two attached hydrogens (primary N) is 1. The smallest absolute Gasteiger partial charge is 0.331 e. The van der Waals surface area contributed by atoms with Gasteiger partial charge in [0.25, 0.3) is 0 Å². The Morgan fingerprint density at radius 1 is 1.41 bits per heavy atom. The maximum Gasteiger partial charge on any atom is 0.331 e. The summed E-state index contributed by atoms with van der Waals surface area (Å²) < 4.78 is 10.3. The highest BCUT2D eigenvalue weighted by atomic mass is 16.5. The van der Waals surface area contributed by atoms with Crippen LogP contribution in [-0.4, -0.2) is 32.2 Å². The number of urea groups is 1. The van der Waals surface area contributed by atoms with E-state index in [2.05, 4.69) is 5.43 Å². The summed E-state index contributed by atoms with van der Waals surface area (Å²) in [7, 11) is 4.80. The monoisotopic (exact) mass is 239 g/mol. The van der Waals surface area contributed by atoms with Crippen molar-refractivity contribution in [3.63, 3.8) is 0 Å². The molecule has 1 aromatic rings. The molecule has 1 aromatic carbocycles. The maximum atomic E-state index is 11.3. The molecule has 94 valence electrons. The highest BCUT2D eigenvalue weighted by Gasteiger charge is 2.11. The van der Waals surface area contributed by atoms with E-state index in [4.69, 9.17) is 15.3 Å². The zero-order valence-corrected chi connectivity index (χ0v) is 10.2. The van der Waals surface area contributed by atoms with E-state index in [0.717, 1.165) is 5.56 Å². The summed E-state index contributed by atoms with van der Waals surface area (Å²) in [5.74, 6) is 6.42. The molecular weight excluding hydrogens is 222 g/mol. The SMILES string of the molecule is COc1ccc(CN(C)C(=O)NN)c(OC)c1. The van der Waals surface area contributed by atoms with Gasteiger partial charge in [0.2, 0.25) is 0 Å². The average molecular weight is 239 g/mol. The molecule has 0 fully saturated rings. The molecule has 0 heterocycles. The van der Waals surface area contributed by atoms with Gasteiger partial charge in [-0.05, 0) is 12.1 Å². The summed E-state index contributed by atoms with van der Waals surface area (Å²) >= 11 is 0. The van der Waals surface area contributed by atoms with Gasteiger partial charge in [0, 0.05) is 18.7 Å². The first kappa shape index (κ1) is 13.1. The second-order valence-electron chi connectivity index (χ2n) is 3.48. The second-order valence-corrected chi connectivity index (χ2v) is 3.48. The van der Waals surface area contributed by atoms with Gasteiger partial charge in [0.15, 0.2) is 0 Å². The molecule has 0 atom stereocenters. The summed E-state index contributed by atoms with van der Waals surface area (Å²) in [6.07, 6.45) is 0. The molecule has 0 radical (unpaired) electrons. The highest BCUT2D eigenvalue weighted by Crippen LogP contribution is 2.25. The molecule has 1 rings (SSSR count). The van der Waals surface area contributed by atoms with Crippen molar-refractivity contribution < 1.29 is 14.3 Å².